The van der Waals surface area contributed by atoms with Crippen LogP contribution >= 0.6 is 11.3 Å². The number of carbonyl (C=O) groups excluding carboxylic acids is 1. The molecule has 0 spiro atoms. The Morgan fingerprint density at radius 1 is 0.875 bits per heavy atom. The van der Waals surface area contributed by atoms with Crippen molar-refractivity contribution >= 4 is 27.5 Å². The van der Waals surface area contributed by atoms with Crippen molar-refractivity contribution in [2.75, 3.05) is 17.2 Å². The molecule has 1 aromatic heterocycles. The van der Waals surface area contributed by atoms with E-state index in [0.29, 0.717) is 17.7 Å². The molecule has 0 aliphatic rings. The van der Waals surface area contributed by atoms with Gasteiger partial charge in [0, 0.05) is 18.5 Å². The number of hydrogen-bond acceptors (Lipinski definition) is 5. The molecule has 0 fully saturated rings. The number of benzene rings is 3. The lowest BCUT2D eigenvalue weighted by Gasteiger charge is -2.18. The quantitative estimate of drug-likeness (QED) is 0.361. The van der Waals surface area contributed by atoms with E-state index in [1.807, 2.05) is 36.4 Å². The average Bonchev–Trinajstić information content (AvgIpc) is 3.25. The molecule has 0 aliphatic carbocycles. The minimum atomic E-state index is -0.932. The number of halogens is 2. The predicted octanol–water partition coefficient (Wildman–Crippen LogP) is 5.70. The fourth-order valence-electron chi connectivity index (χ4n) is 3.40. The van der Waals surface area contributed by atoms with Crippen LogP contribution in [0.25, 0.3) is 0 Å². The van der Waals surface area contributed by atoms with E-state index in [0.717, 1.165) is 29.9 Å². The van der Waals surface area contributed by atoms with Crippen LogP contribution in [0.2, 0.25) is 0 Å². The van der Waals surface area contributed by atoms with Gasteiger partial charge in [-0.1, -0.05) is 72.0 Å². The Labute approximate surface area is 188 Å². The molecule has 5 nitrogen and oxygen atoms in total. The highest BCUT2D eigenvalue weighted by Crippen LogP contribution is 2.28. The Balaban J connectivity index is 1.37. The first kappa shape index (κ1) is 21.6. The van der Waals surface area contributed by atoms with Crippen molar-refractivity contribution in [3.63, 3.8) is 0 Å². The maximum Gasteiger partial charge on any atom is 0.260 e. The maximum atomic E-state index is 13.8. The summed E-state index contributed by atoms with van der Waals surface area (Å²) in [5, 5.41) is 14.4. The number of rotatable bonds is 8. The third kappa shape index (κ3) is 5.33. The molecule has 0 atom stereocenters. The second-order valence-electron chi connectivity index (χ2n) is 7.08. The Kier molecular flexibility index (Phi) is 6.81. The highest BCUT2D eigenvalue weighted by atomic mass is 32.1. The molecule has 0 aliphatic heterocycles. The first-order valence-corrected chi connectivity index (χ1v) is 10.9. The van der Waals surface area contributed by atoms with E-state index in [1.54, 1.807) is 0 Å². The van der Waals surface area contributed by atoms with Crippen LogP contribution in [0.15, 0.2) is 78.9 Å². The van der Waals surface area contributed by atoms with Crippen LogP contribution in [0.3, 0.4) is 0 Å². The molecule has 1 amide bonds. The SMILES string of the molecule is O=C(Nc1nnc(NCCC(c2ccccc2)c2ccccc2)s1)c1ccc(F)cc1F. The zero-order valence-corrected chi connectivity index (χ0v) is 17.8. The van der Waals surface area contributed by atoms with Gasteiger partial charge in [-0.25, -0.2) is 8.78 Å². The third-order valence-electron chi connectivity index (χ3n) is 4.93. The van der Waals surface area contributed by atoms with Crippen molar-refractivity contribution in [3.05, 3.63) is 107 Å². The van der Waals surface area contributed by atoms with Gasteiger partial charge in [0.05, 0.1) is 5.56 Å². The van der Waals surface area contributed by atoms with Crippen molar-refractivity contribution < 1.29 is 13.6 Å². The van der Waals surface area contributed by atoms with Crippen LogP contribution < -0.4 is 10.6 Å². The average molecular weight is 451 g/mol. The lowest BCUT2D eigenvalue weighted by molar-refractivity contribution is 0.102. The molecule has 162 valence electrons. The largest absolute Gasteiger partial charge is 0.360 e. The van der Waals surface area contributed by atoms with Crippen LogP contribution in [-0.2, 0) is 0 Å². The van der Waals surface area contributed by atoms with Gasteiger partial charge < -0.3 is 5.32 Å². The molecule has 0 bridgehead atoms. The predicted molar refractivity (Wildman–Crippen MR) is 122 cm³/mol. The van der Waals surface area contributed by atoms with Gasteiger partial charge in [0.2, 0.25) is 10.3 Å². The summed E-state index contributed by atoms with van der Waals surface area (Å²) in [6, 6.07) is 23.4. The number of aromatic nitrogens is 2. The number of nitrogens with zero attached hydrogens (tertiary/aromatic N) is 2. The van der Waals surface area contributed by atoms with Crippen molar-refractivity contribution in [2.24, 2.45) is 0 Å². The monoisotopic (exact) mass is 450 g/mol. The lowest BCUT2D eigenvalue weighted by atomic mass is 9.88. The van der Waals surface area contributed by atoms with Gasteiger partial charge in [-0.2, -0.15) is 0 Å². The summed E-state index contributed by atoms with van der Waals surface area (Å²) in [6.45, 7) is 0.642. The van der Waals surface area contributed by atoms with Crippen LogP contribution in [0.5, 0.6) is 0 Å². The minimum Gasteiger partial charge on any atom is -0.360 e. The summed E-state index contributed by atoms with van der Waals surface area (Å²) in [7, 11) is 0. The maximum absolute atomic E-state index is 13.8. The van der Waals surface area contributed by atoms with Crippen LogP contribution in [0.1, 0.15) is 33.8 Å². The van der Waals surface area contributed by atoms with Gasteiger partial charge in [-0.15, -0.1) is 10.2 Å². The molecule has 0 radical (unpaired) electrons. The van der Waals surface area contributed by atoms with Crippen molar-refractivity contribution in [1.29, 1.82) is 0 Å². The number of nitrogens with one attached hydrogen (secondary N) is 2. The van der Waals surface area contributed by atoms with Gasteiger partial charge in [0.15, 0.2) is 0 Å². The first-order valence-electron chi connectivity index (χ1n) is 10.0. The topological polar surface area (TPSA) is 66.9 Å². The zero-order valence-electron chi connectivity index (χ0n) is 17.0. The fourth-order valence-corrected chi connectivity index (χ4v) is 4.07. The Hall–Kier alpha value is -3.65. The lowest BCUT2D eigenvalue weighted by Crippen LogP contribution is -2.13. The third-order valence-corrected chi connectivity index (χ3v) is 5.73. The second-order valence-corrected chi connectivity index (χ2v) is 8.06. The molecular formula is C24H20F2N4OS. The smallest absolute Gasteiger partial charge is 0.260 e. The van der Waals surface area contributed by atoms with Crippen molar-refractivity contribution in [3.8, 4) is 0 Å². The molecule has 8 heteroatoms. The number of amides is 1. The molecule has 32 heavy (non-hydrogen) atoms. The molecule has 0 saturated carbocycles. The summed E-state index contributed by atoms with van der Waals surface area (Å²) in [6.07, 6.45) is 0.829. The van der Waals surface area contributed by atoms with E-state index in [-0.39, 0.29) is 16.6 Å². The van der Waals surface area contributed by atoms with E-state index >= 15 is 0 Å². The van der Waals surface area contributed by atoms with Crippen LogP contribution in [0, 0.1) is 11.6 Å². The molecule has 1 heterocycles. The van der Waals surface area contributed by atoms with E-state index < -0.39 is 17.5 Å². The number of carbonyl (C=O) groups is 1. The molecule has 4 aromatic rings. The minimum absolute atomic E-state index is 0.221. The Morgan fingerprint density at radius 2 is 1.50 bits per heavy atom. The number of hydrogen-bond donors (Lipinski definition) is 2. The van der Waals surface area contributed by atoms with E-state index in [9.17, 15) is 13.6 Å². The van der Waals surface area contributed by atoms with E-state index in [4.69, 9.17) is 0 Å². The summed E-state index contributed by atoms with van der Waals surface area (Å²) in [5.41, 5.74) is 2.20. The molecule has 0 saturated heterocycles. The summed E-state index contributed by atoms with van der Waals surface area (Å²) in [5.74, 6) is -2.17. The highest BCUT2D eigenvalue weighted by Gasteiger charge is 2.16. The van der Waals surface area contributed by atoms with Crippen LogP contribution in [0.4, 0.5) is 19.0 Å². The molecule has 0 unspecified atom stereocenters. The Morgan fingerprint density at radius 3 is 2.12 bits per heavy atom. The van der Waals surface area contributed by atoms with E-state index in [1.165, 1.54) is 11.1 Å². The molecule has 4 rings (SSSR count). The van der Waals surface area contributed by atoms with Crippen molar-refractivity contribution in [1.82, 2.24) is 10.2 Å². The number of anilines is 2. The summed E-state index contributed by atoms with van der Waals surface area (Å²) >= 11 is 1.15. The Bertz CT molecular complexity index is 1150. The summed E-state index contributed by atoms with van der Waals surface area (Å²) in [4.78, 5) is 12.2. The highest BCUT2D eigenvalue weighted by molar-refractivity contribution is 7.19. The van der Waals surface area contributed by atoms with Gasteiger partial charge in [-0.05, 0) is 29.7 Å². The zero-order chi connectivity index (χ0) is 22.3. The van der Waals surface area contributed by atoms with Gasteiger partial charge in [0.25, 0.3) is 5.91 Å². The first-order chi connectivity index (χ1) is 15.6. The van der Waals surface area contributed by atoms with Gasteiger partial charge in [-0.3, -0.25) is 10.1 Å². The van der Waals surface area contributed by atoms with Crippen molar-refractivity contribution in [2.45, 2.75) is 12.3 Å². The van der Waals surface area contributed by atoms with Gasteiger partial charge >= 0.3 is 0 Å². The standard InChI is InChI=1S/C24H20F2N4OS/c25-18-11-12-20(21(26)15-18)22(31)28-24-30-29-23(32-24)27-14-13-19(16-7-3-1-4-8-16)17-9-5-2-6-10-17/h1-12,15,19H,13-14H2,(H,27,29)(H,28,30,31). The normalized spacial score (nSPS) is 10.8. The fraction of sp³-hybridized carbons (Fsp3) is 0.125. The molecule has 3 aromatic carbocycles. The second kappa shape index (κ2) is 10.1. The van der Waals surface area contributed by atoms with E-state index in [2.05, 4.69) is 45.1 Å². The van der Waals surface area contributed by atoms with Crippen LogP contribution in [-0.4, -0.2) is 22.6 Å². The summed E-state index contributed by atoms with van der Waals surface area (Å²) < 4.78 is 26.8. The molecular weight excluding hydrogens is 430 g/mol. The molecule has 2 N–H and O–H groups in total. The van der Waals surface area contributed by atoms with Gasteiger partial charge in [0.1, 0.15) is 11.6 Å².